The third kappa shape index (κ3) is 4.69. The molecule has 0 aliphatic heterocycles. The highest BCUT2D eigenvalue weighted by Gasteiger charge is 2.22. The molecule has 2 heterocycles. The van der Waals surface area contributed by atoms with Crippen LogP contribution < -0.4 is 10.1 Å². The fraction of sp³-hybridized carbons (Fsp3) is 0.364. The number of halogens is 1. The molecule has 32 heavy (non-hydrogen) atoms. The number of thiophene rings is 1. The molecule has 3 aromatic rings. The molecule has 170 valence electrons. The Kier molecular flexibility index (Phi) is 7.65. The highest BCUT2D eigenvalue weighted by atomic mass is 35.5. The molecule has 0 bridgehead atoms. The van der Waals surface area contributed by atoms with Gasteiger partial charge >= 0.3 is 0 Å². The maximum Gasteiger partial charge on any atom is 0.266 e. The van der Waals surface area contributed by atoms with Crippen molar-refractivity contribution in [3.63, 3.8) is 0 Å². The lowest BCUT2D eigenvalue weighted by atomic mass is 10.1. The zero-order valence-electron chi connectivity index (χ0n) is 18.6. The number of hydrogen-bond acceptors (Lipinski definition) is 7. The van der Waals surface area contributed by atoms with E-state index in [2.05, 4.69) is 15.3 Å². The first-order valence-corrected chi connectivity index (χ1v) is 11.3. The van der Waals surface area contributed by atoms with Crippen LogP contribution in [-0.2, 0) is 11.3 Å². The molecule has 3 rings (SSSR count). The monoisotopic (exact) mass is 476 g/mol. The van der Waals surface area contributed by atoms with E-state index in [0.717, 1.165) is 5.56 Å². The second-order valence-electron chi connectivity index (χ2n) is 6.94. The summed E-state index contributed by atoms with van der Waals surface area (Å²) >= 11 is 7.60. The third-order valence-electron chi connectivity index (χ3n) is 4.98. The first-order chi connectivity index (χ1) is 15.3. The summed E-state index contributed by atoms with van der Waals surface area (Å²) in [6, 6.07) is 4.87. The van der Waals surface area contributed by atoms with Crippen molar-refractivity contribution in [2.75, 3.05) is 32.6 Å². The zero-order chi connectivity index (χ0) is 23.4. The molecule has 1 aromatic carbocycles. The summed E-state index contributed by atoms with van der Waals surface area (Å²) in [7, 11) is 3.09. The number of methoxy groups -OCH3 is 2. The van der Waals surface area contributed by atoms with Gasteiger partial charge in [-0.05, 0) is 44.5 Å². The van der Waals surface area contributed by atoms with Crippen molar-refractivity contribution >= 4 is 50.7 Å². The summed E-state index contributed by atoms with van der Waals surface area (Å²) in [5.41, 5.74) is 1.62. The minimum Gasteiger partial charge on any atom is -0.480 e. The van der Waals surface area contributed by atoms with Crippen molar-refractivity contribution in [3.05, 3.63) is 45.1 Å². The van der Waals surface area contributed by atoms with Crippen molar-refractivity contribution in [1.82, 2.24) is 14.9 Å². The molecule has 0 spiro atoms. The van der Waals surface area contributed by atoms with E-state index in [9.17, 15) is 9.59 Å². The number of carbonyl (C=O) groups is 2. The van der Waals surface area contributed by atoms with Crippen LogP contribution in [0.1, 0.15) is 45.3 Å². The maximum atomic E-state index is 13.0. The van der Waals surface area contributed by atoms with E-state index in [1.54, 1.807) is 30.2 Å². The molecule has 0 fully saturated rings. The molecule has 2 aromatic heterocycles. The average molecular weight is 477 g/mol. The van der Waals surface area contributed by atoms with Crippen LogP contribution in [0.2, 0.25) is 5.02 Å². The molecule has 1 N–H and O–H groups in total. The predicted molar refractivity (Wildman–Crippen MR) is 126 cm³/mol. The van der Waals surface area contributed by atoms with Gasteiger partial charge < -0.3 is 19.7 Å². The summed E-state index contributed by atoms with van der Waals surface area (Å²) in [6.45, 7) is 7.07. The number of fused-ring (bicyclic) bond motifs is 1. The molecule has 0 atom stereocenters. The number of nitrogens with one attached hydrogen (secondary N) is 1. The zero-order valence-corrected chi connectivity index (χ0v) is 20.2. The van der Waals surface area contributed by atoms with Gasteiger partial charge in [0.25, 0.3) is 11.8 Å². The van der Waals surface area contributed by atoms with Gasteiger partial charge in [0, 0.05) is 25.9 Å². The molecule has 0 aliphatic rings. The fourth-order valence-corrected chi connectivity index (χ4v) is 4.68. The Morgan fingerprint density at radius 3 is 2.50 bits per heavy atom. The Hall–Kier alpha value is -2.75. The Morgan fingerprint density at radius 1 is 1.19 bits per heavy atom. The van der Waals surface area contributed by atoms with E-state index >= 15 is 0 Å². The Balaban J connectivity index is 1.89. The first kappa shape index (κ1) is 23.9. The summed E-state index contributed by atoms with van der Waals surface area (Å²) in [4.78, 5) is 37.3. The molecule has 0 unspecified atom stereocenters. The largest absolute Gasteiger partial charge is 0.480 e. The number of aryl methyl sites for hydroxylation is 1. The van der Waals surface area contributed by atoms with Crippen LogP contribution >= 0.6 is 22.9 Å². The molecule has 2 amide bonds. The minimum absolute atomic E-state index is 0.143. The lowest BCUT2D eigenvalue weighted by Crippen LogP contribution is -2.30. The van der Waals surface area contributed by atoms with Crippen LogP contribution in [0.3, 0.4) is 0 Å². The van der Waals surface area contributed by atoms with Gasteiger partial charge in [0.1, 0.15) is 11.4 Å². The van der Waals surface area contributed by atoms with Gasteiger partial charge in [0.05, 0.1) is 28.0 Å². The number of anilines is 1. The first-order valence-electron chi connectivity index (χ1n) is 10.1. The highest BCUT2D eigenvalue weighted by Crippen LogP contribution is 2.35. The van der Waals surface area contributed by atoms with Crippen LogP contribution in [0.25, 0.3) is 10.2 Å². The van der Waals surface area contributed by atoms with Gasteiger partial charge in [-0.25, -0.2) is 4.98 Å². The van der Waals surface area contributed by atoms with Crippen molar-refractivity contribution < 1.29 is 19.1 Å². The Bertz CT molecular complexity index is 1160. The number of benzene rings is 1. The number of nitrogens with zero attached hydrogens (tertiary/aromatic N) is 3. The molecular weight excluding hydrogens is 452 g/mol. The third-order valence-corrected chi connectivity index (χ3v) is 6.48. The minimum atomic E-state index is -0.306. The lowest BCUT2D eigenvalue weighted by molar-refractivity contribution is 0.0773. The molecule has 0 radical (unpaired) electrons. The molecule has 0 aliphatic carbocycles. The average Bonchev–Trinajstić information content (AvgIpc) is 3.11. The molecule has 8 nitrogen and oxygen atoms in total. The van der Waals surface area contributed by atoms with Crippen molar-refractivity contribution in [1.29, 1.82) is 0 Å². The van der Waals surface area contributed by atoms with Crippen LogP contribution in [0.5, 0.6) is 5.88 Å². The van der Waals surface area contributed by atoms with Gasteiger partial charge in [0.15, 0.2) is 5.82 Å². The Morgan fingerprint density at radius 2 is 1.91 bits per heavy atom. The van der Waals surface area contributed by atoms with Gasteiger partial charge in [-0.2, -0.15) is 4.98 Å². The maximum absolute atomic E-state index is 13.0. The molecule has 0 saturated carbocycles. The second kappa shape index (κ2) is 10.2. The summed E-state index contributed by atoms with van der Waals surface area (Å²) in [6.07, 6.45) is 0. The Labute approximate surface area is 195 Å². The van der Waals surface area contributed by atoms with Gasteiger partial charge in [0.2, 0.25) is 5.88 Å². The SMILES string of the molecule is CCN(CC)C(=O)c1ccc(NC(=O)c2sc3nc(COC)nc(OC)c3c2C)cc1Cl. The number of hydrogen-bond donors (Lipinski definition) is 1. The molecule has 0 saturated heterocycles. The van der Waals surface area contributed by atoms with E-state index < -0.39 is 0 Å². The molecular formula is C22H25ClN4O4S. The van der Waals surface area contributed by atoms with Crippen molar-refractivity contribution in [2.45, 2.75) is 27.4 Å². The lowest BCUT2D eigenvalue weighted by Gasteiger charge is -2.19. The number of rotatable bonds is 8. The topological polar surface area (TPSA) is 93.7 Å². The van der Waals surface area contributed by atoms with Crippen LogP contribution in [0.15, 0.2) is 18.2 Å². The van der Waals surface area contributed by atoms with E-state index in [-0.39, 0.29) is 23.4 Å². The van der Waals surface area contributed by atoms with E-state index in [4.69, 9.17) is 21.1 Å². The highest BCUT2D eigenvalue weighted by molar-refractivity contribution is 7.20. The normalized spacial score (nSPS) is 10.9. The summed E-state index contributed by atoms with van der Waals surface area (Å²) in [5, 5.41) is 3.83. The quantitative estimate of drug-likeness (QED) is 0.513. The smallest absolute Gasteiger partial charge is 0.266 e. The van der Waals surface area contributed by atoms with Crippen molar-refractivity contribution in [3.8, 4) is 5.88 Å². The van der Waals surface area contributed by atoms with E-state index in [1.165, 1.54) is 18.4 Å². The predicted octanol–water partition coefficient (Wildman–Crippen LogP) is 4.54. The van der Waals surface area contributed by atoms with E-state index in [1.807, 2.05) is 20.8 Å². The van der Waals surface area contributed by atoms with Crippen LogP contribution in [0, 0.1) is 6.92 Å². The van der Waals surface area contributed by atoms with Crippen LogP contribution in [-0.4, -0.2) is 54.0 Å². The van der Waals surface area contributed by atoms with E-state index in [0.29, 0.717) is 51.1 Å². The van der Waals surface area contributed by atoms with Crippen LogP contribution in [0.4, 0.5) is 5.69 Å². The van der Waals surface area contributed by atoms with Gasteiger partial charge in [-0.1, -0.05) is 11.6 Å². The number of amides is 2. The van der Waals surface area contributed by atoms with Gasteiger partial charge in [-0.3, -0.25) is 9.59 Å². The number of carbonyl (C=O) groups excluding carboxylic acids is 2. The summed E-state index contributed by atoms with van der Waals surface area (Å²) < 4.78 is 10.5. The standard InChI is InChI=1S/C22H25ClN4O4S/c1-6-27(7-2)22(29)14-9-8-13(10-15(14)23)24-19(28)18-12(3)17-20(31-5)25-16(11-30-4)26-21(17)32-18/h8-10H,6-7,11H2,1-5H3,(H,24,28). The van der Waals surface area contributed by atoms with Gasteiger partial charge in [-0.15, -0.1) is 11.3 Å². The fourth-order valence-electron chi connectivity index (χ4n) is 3.34. The van der Waals surface area contributed by atoms with Crippen molar-refractivity contribution in [2.24, 2.45) is 0 Å². The second-order valence-corrected chi connectivity index (χ2v) is 8.35. The summed E-state index contributed by atoms with van der Waals surface area (Å²) in [5.74, 6) is 0.429. The molecule has 10 heteroatoms. The number of ether oxygens (including phenoxy) is 2. The number of aromatic nitrogens is 2.